The molecule has 1 aliphatic heterocycles. The van der Waals surface area contributed by atoms with Gasteiger partial charge in [-0.1, -0.05) is 152 Å². The van der Waals surface area contributed by atoms with Gasteiger partial charge in [0.05, 0.1) is 11.0 Å². The summed E-state index contributed by atoms with van der Waals surface area (Å²) in [6, 6.07) is 78.4. The van der Waals surface area contributed by atoms with Crippen LogP contribution < -0.4 is 5.32 Å². The van der Waals surface area contributed by atoms with E-state index in [0.29, 0.717) is 5.84 Å². The Morgan fingerprint density at radius 1 is 0.409 bits per heavy atom. The summed E-state index contributed by atoms with van der Waals surface area (Å²) in [6.07, 6.45) is -0.396. The lowest BCUT2D eigenvalue weighted by Gasteiger charge is -2.25. The Labute approximate surface area is 379 Å². The van der Waals surface area contributed by atoms with Gasteiger partial charge >= 0.3 is 0 Å². The number of hydrogen-bond donors (Lipinski definition) is 1. The van der Waals surface area contributed by atoms with E-state index in [9.17, 15) is 0 Å². The van der Waals surface area contributed by atoms with E-state index in [1.807, 2.05) is 12.1 Å². The molecular weight excluding hydrogens is 805 g/mol. The minimum atomic E-state index is -0.396. The third-order valence-corrected chi connectivity index (χ3v) is 13.6. The Morgan fingerprint density at radius 3 is 1.86 bits per heavy atom. The second-order valence-corrected chi connectivity index (χ2v) is 17.4. The summed E-state index contributed by atoms with van der Waals surface area (Å²) in [5, 5.41) is 18.0. The number of benzene rings is 11. The molecule has 1 atom stereocenters. The fraction of sp³-hybridized carbons (Fsp3) is 0.0164. The van der Waals surface area contributed by atoms with Crippen molar-refractivity contribution in [3.8, 4) is 16.8 Å². The zero-order chi connectivity index (χ0) is 43.3. The minimum absolute atomic E-state index is 0.396. The average molecular weight is 843 g/mol. The third-order valence-electron chi connectivity index (χ3n) is 13.6. The van der Waals surface area contributed by atoms with Crippen LogP contribution >= 0.6 is 0 Å². The molecule has 0 bridgehead atoms. The Hall–Kier alpha value is -8.80. The molecule has 1 unspecified atom stereocenters. The van der Waals surface area contributed by atoms with Gasteiger partial charge in [0.2, 0.25) is 0 Å². The van der Waals surface area contributed by atoms with Crippen molar-refractivity contribution in [1.29, 1.82) is 0 Å². The van der Waals surface area contributed by atoms with Crippen molar-refractivity contribution in [3.05, 3.63) is 235 Å². The van der Waals surface area contributed by atoms with E-state index in [-0.39, 0.29) is 0 Å². The number of aliphatic imine (C=N–C) groups is 2. The quantitative estimate of drug-likeness (QED) is 0.188. The summed E-state index contributed by atoms with van der Waals surface area (Å²) < 4.78 is 8.98. The number of para-hydroxylation sites is 1. The summed E-state index contributed by atoms with van der Waals surface area (Å²) in [4.78, 5) is 10.9. The highest BCUT2D eigenvalue weighted by atomic mass is 16.3. The first kappa shape index (κ1) is 36.7. The summed E-state index contributed by atoms with van der Waals surface area (Å²) in [6.45, 7) is 0. The standard InChI is InChI=1S/C61H38N4O/c1-3-14-40-31-45(23-21-37(40)11-1)59-62-60(46-24-22-38-12-2-4-15-41(38)32-46)64-61(63-59)51-29-27-47(36-52(51)44-25-28-50-49-19-9-10-20-56(49)66-57(50)35-44)65-54-30-26-39-13-7-8-18-48(39)58(54)53-33-42-16-5-6-17-43(42)34-55(53)65/h1-36,59H,(H,62,63,64). The second kappa shape index (κ2) is 14.4. The van der Waals surface area contributed by atoms with Crippen LogP contribution in [0.2, 0.25) is 0 Å². The highest BCUT2D eigenvalue weighted by Gasteiger charge is 2.25. The molecule has 0 aliphatic carbocycles. The number of amidine groups is 2. The fourth-order valence-corrected chi connectivity index (χ4v) is 10.4. The van der Waals surface area contributed by atoms with E-state index in [1.54, 1.807) is 0 Å². The maximum absolute atomic E-state index is 6.55. The summed E-state index contributed by atoms with van der Waals surface area (Å²) >= 11 is 0. The van der Waals surface area contributed by atoms with Crippen molar-refractivity contribution in [3.63, 3.8) is 0 Å². The molecule has 1 aliphatic rings. The highest BCUT2D eigenvalue weighted by Crippen LogP contribution is 2.41. The highest BCUT2D eigenvalue weighted by molar-refractivity contribution is 6.23. The van der Waals surface area contributed by atoms with E-state index >= 15 is 0 Å². The van der Waals surface area contributed by atoms with Gasteiger partial charge < -0.3 is 14.3 Å². The number of nitrogens with one attached hydrogen (secondary N) is 1. The van der Waals surface area contributed by atoms with Crippen LogP contribution in [-0.4, -0.2) is 16.2 Å². The van der Waals surface area contributed by atoms with E-state index in [0.717, 1.165) is 77.7 Å². The van der Waals surface area contributed by atoms with Gasteiger partial charge in [0.15, 0.2) is 5.84 Å². The molecule has 66 heavy (non-hydrogen) atoms. The van der Waals surface area contributed by atoms with Crippen molar-refractivity contribution in [2.24, 2.45) is 9.98 Å². The van der Waals surface area contributed by atoms with Gasteiger partial charge in [-0.15, -0.1) is 0 Å². The Kier molecular flexibility index (Phi) is 7.98. The van der Waals surface area contributed by atoms with Crippen molar-refractivity contribution in [1.82, 2.24) is 9.88 Å². The summed E-state index contributed by atoms with van der Waals surface area (Å²) in [7, 11) is 0. The van der Waals surface area contributed by atoms with Crippen LogP contribution in [0.4, 0.5) is 0 Å². The molecule has 11 aromatic carbocycles. The first-order valence-corrected chi connectivity index (χ1v) is 22.5. The molecule has 13 aromatic rings. The van der Waals surface area contributed by atoms with Crippen LogP contribution in [0.15, 0.2) is 233 Å². The molecule has 0 fully saturated rings. The molecule has 0 saturated carbocycles. The number of furan rings is 1. The van der Waals surface area contributed by atoms with Crippen molar-refractivity contribution in [2.75, 3.05) is 0 Å². The topological polar surface area (TPSA) is 54.8 Å². The molecule has 5 heteroatoms. The molecule has 5 nitrogen and oxygen atoms in total. The number of hydrogen-bond acceptors (Lipinski definition) is 4. The molecule has 1 N–H and O–H groups in total. The zero-order valence-corrected chi connectivity index (χ0v) is 35.6. The molecule has 3 heterocycles. The molecule has 0 amide bonds. The van der Waals surface area contributed by atoms with Crippen molar-refractivity contribution in [2.45, 2.75) is 6.17 Å². The van der Waals surface area contributed by atoms with Gasteiger partial charge in [-0.3, -0.25) is 0 Å². The van der Waals surface area contributed by atoms with Crippen molar-refractivity contribution >= 4 is 98.5 Å². The first-order chi connectivity index (χ1) is 32.7. The second-order valence-electron chi connectivity index (χ2n) is 17.4. The number of aromatic nitrogens is 1. The Morgan fingerprint density at radius 2 is 1.05 bits per heavy atom. The van der Waals surface area contributed by atoms with E-state index in [4.69, 9.17) is 14.4 Å². The molecule has 0 spiro atoms. The van der Waals surface area contributed by atoms with Gasteiger partial charge in [0, 0.05) is 38.4 Å². The molecule has 0 radical (unpaired) electrons. The SMILES string of the molecule is c1ccc2cc(C3=NC(c4ccc(-n5c6cc7ccccc7cc6c6c7ccccc7ccc65)cc4-c4ccc5c(c4)oc4ccccc45)=NC(c4ccc5ccccc5c4)N3)ccc2c1. The minimum Gasteiger partial charge on any atom is -0.456 e. The van der Waals surface area contributed by atoms with E-state index < -0.39 is 6.17 Å². The molecular formula is C61H38N4O. The van der Waals surface area contributed by atoms with E-state index in [2.05, 4.69) is 216 Å². The lowest BCUT2D eigenvalue weighted by atomic mass is 9.96. The van der Waals surface area contributed by atoms with Crippen LogP contribution in [0.5, 0.6) is 0 Å². The number of rotatable bonds is 5. The first-order valence-electron chi connectivity index (χ1n) is 22.5. The number of fused-ring (bicyclic) bond motifs is 11. The van der Waals surface area contributed by atoms with Gasteiger partial charge in [-0.05, 0) is 127 Å². The van der Waals surface area contributed by atoms with Crippen LogP contribution in [0.3, 0.4) is 0 Å². The largest absolute Gasteiger partial charge is 0.456 e. The van der Waals surface area contributed by atoms with Gasteiger partial charge in [0.25, 0.3) is 0 Å². The monoisotopic (exact) mass is 842 g/mol. The Balaban J connectivity index is 1.03. The molecule has 0 saturated heterocycles. The lowest BCUT2D eigenvalue weighted by molar-refractivity contribution is 0.669. The van der Waals surface area contributed by atoms with Crippen LogP contribution in [-0.2, 0) is 0 Å². The van der Waals surface area contributed by atoms with Crippen LogP contribution in [0, 0.1) is 0 Å². The van der Waals surface area contributed by atoms with Gasteiger partial charge in [-0.2, -0.15) is 0 Å². The smallest absolute Gasteiger partial charge is 0.160 e. The normalized spacial score (nSPS) is 14.2. The van der Waals surface area contributed by atoms with Crippen molar-refractivity contribution < 1.29 is 4.42 Å². The molecule has 2 aromatic heterocycles. The average Bonchev–Trinajstić information content (AvgIpc) is 3.92. The van der Waals surface area contributed by atoms with Crippen LogP contribution in [0.1, 0.15) is 22.9 Å². The van der Waals surface area contributed by atoms with Gasteiger partial charge in [-0.25, -0.2) is 9.98 Å². The predicted octanol–water partition coefficient (Wildman–Crippen LogP) is 15.5. The molecule has 14 rings (SSSR count). The zero-order valence-electron chi connectivity index (χ0n) is 35.6. The predicted molar refractivity (Wildman–Crippen MR) is 275 cm³/mol. The number of nitrogens with zero attached hydrogens (tertiary/aromatic N) is 3. The van der Waals surface area contributed by atoms with E-state index in [1.165, 1.54) is 48.5 Å². The third kappa shape index (κ3) is 5.80. The maximum atomic E-state index is 6.55. The summed E-state index contributed by atoms with van der Waals surface area (Å²) in [5.41, 5.74) is 10.1. The summed E-state index contributed by atoms with van der Waals surface area (Å²) in [5.74, 6) is 1.42. The Bertz CT molecular complexity index is 4230. The van der Waals surface area contributed by atoms with Crippen LogP contribution in [0.25, 0.3) is 104 Å². The fourth-order valence-electron chi connectivity index (χ4n) is 10.4. The van der Waals surface area contributed by atoms with Gasteiger partial charge in [0.1, 0.15) is 23.2 Å². The molecule has 308 valence electrons. The maximum Gasteiger partial charge on any atom is 0.160 e. The lowest BCUT2D eigenvalue weighted by Crippen LogP contribution is -2.33.